The number of rotatable bonds is 5. The molecule has 0 spiro atoms. The van der Waals surface area contributed by atoms with Gasteiger partial charge < -0.3 is 15.0 Å². The third-order valence-corrected chi connectivity index (χ3v) is 5.37. The minimum Gasteiger partial charge on any atom is -0.400 e. The average Bonchev–Trinajstić information content (AvgIpc) is 2.82. The van der Waals surface area contributed by atoms with Crippen LogP contribution in [-0.2, 0) is 15.7 Å². The van der Waals surface area contributed by atoms with Gasteiger partial charge in [0.2, 0.25) is 0 Å². The van der Waals surface area contributed by atoms with Crippen molar-refractivity contribution in [3.63, 3.8) is 0 Å². The maximum atomic E-state index is 6.12. The Kier molecular flexibility index (Phi) is 5.38. The fraction of sp³-hybridized carbons (Fsp3) is 0.364. The molecule has 0 radical (unpaired) electrons. The lowest BCUT2D eigenvalue weighted by Crippen LogP contribution is -2.41. The van der Waals surface area contributed by atoms with Crippen LogP contribution in [0.2, 0.25) is 0 Å². The minimum atomic E-state index is -0.394. The Morgan fingerprint density at radius 1 is 0.885 bits per heavy atom. The van der Waals surface area contributed by atoms with Crippen molar-refractivity contribution in [3.8, 4) is 0 Å². The maximum Gasteiger partial charge on any atom is 0.491 e. The first-order valence-corrected chi connectivity index (χ1v) is 9.20. The van der Waals surface area contributed by atoms with Crippen molar-refractivity contribution < 1.29 is 9.31 Å². The molecule has 2 aromatic carbocycles. The third-order valence-electron chi connectivity index (χ3n) is 5.37. The van der Waals surface area contributed by atoms with Crippen LogP contribution >= 0.6 is 0 Å². The number of hydrogen-bond acceptors (Lipinski definition) is 3. The lowest BCUT2D eigenvalue weighted by atomic mass is 9.77. The molecule has 0 saturated carbocycles. The molecule has 2 aromatic rings. The van der Waals surface area contributed by atoms with E-state index in [1.807, 2.05) is 6.07 Å². The summed E-state index contributed by atoms with van der Waals surface area (Å²) >= 11 is 0. The van der Waals surface area contributed by atoms with Crippen molar-refractivity contribution >= 4 is 13.2 Å². The van der Waals surface area contributed by atoms with Gasteiger partial charge in [-0.1, -0.05) is 60.7 Å². The molecule has 4 heteroatoms. The predicted molar refractivity (Wildman–Crippen MR) is 109 cm³/mol. The summed E-state index contributed by atoms with van der Waals surface area (Å²) < 4.78 is 12.2. The average molecular weight is 349 g/mol. The van der Waals surface area contributed by atoms with Gasteiger partial charge >= 0.3 is 7.12 Å². The summed E-state index contributed by atoms with van der Waals surface area (Å²) in [7, 11) is -0.394. The van der Waals surface area contributed by atoms with E-state index in [4.69, 9.17) is 15.0 Å². The SMILES string of the molecule is CC1(C)OB(C(=Cc2ccc(Cc3ccccc3)cc2)CN)OC1(C)C. The molecular formula is C22H28BNO2. The van der Waals surface area contributed by atoms with Gasteiger partial charge in [-0.15, -0.1) is 0 Å². The van der Waals surface area contributed by atoms with Crippen molar-refractivity contribution in [3.05, 3.63) is 76.8 Å². The van der Waals surface area contributed by atoms with Crippen LogP contribution in [-0.4, -0.2) is 24.9 Å². The van der Waals surface area contributed by atoms with Crippen LogP contribution in [0.5, 0.6) is 0 Å². The van der Waals surface area contributed by atoms with Gasteiger partial charge in [-0.05, 0) is 56.3 Å². The van der Waals surface area contributed by atoms with Crippen LogP contribution < -0.4 is 5.73 Å². The number of nitrogens with two attached hydrogens (primary N) is 1. The van der Waals surface area contributed by atoms with E-state index in [1.165, 1.54) is 11.1 Å². The third kappa shape index (κ3) is 4.09. The summed E-state index contributed by atoms with van der Waals surface area (Å²) in [6.45, 7) is 8.63. The van der Waals surface area contributed by atoms with Crippen molar-refractivity contribution in [2.45, 2.75) is 45.3 Å². The summed E-state index contributed by atoms with van der Waals surface area (Å²) in [5.41, 5.74) is 9.94. The van der Waals surface area contributed by atoms with Crippen LogP contribution in [0.3, 0.4) is 0 Å². The van der Waals surface area contributed by atoms with E-state index in [-0.39, 0.29) is 11.2 Å². The Hall–Kier alpha value is -1.88. The maximum absolute atomic E-state index is 6.12. The molecule has 0 bridgehead atoms. The van der Waals surface area contributed by atoms with Crippen molar-refractivity contribution in [1.82, 2.24) is 0 Å². The van der Waals surface area contributed by atoms with Gasteiger partial charge in [-0.2, -0.15) is 0 Å². The first-order valence-electron chi connectivity index (χ1n) is 9.20. The first kappa shape index (κ1) is 18.9. The molecule has 2 N–H and O–H groups in total. The van der Waals surface area contributed by atoms with Gasteiger partial charge in [0, 0.05) is 6.54 Å². The first-order chi connectivity index (χ1) is 12.3. The molecule has 0 amide bonds. The van der Waals surface area contributed by atoms with Gasteiger partial charge in [-0.3, -0.25) is 0 Å². The number of hydrogen-bond donors (Lipinski definition) is 1. The summed E-state index contributed by atoms with van der Waals surface area (Å²) in [4.78, 5) is 0. The largest absolute Gasteiger partial charge is 0.491 e. The highest BCUT2D eigenvalue weighted by atomic mass is 16.7. The second-order valence-corrected chi connectivity index (χ2v) is 7.92. The fourth-order valence-corrected chi connectivity index (χ4v) is 2.99. The van der Waals surface area contributed by atoms with Crippen LogP contribution in [0.1, 0.15) is 44.4 Å². The van der Waals surface area contributed by atoms with Crippen LogP contribution in [0.4, 0.5) is 0 Å². The second kappa shape index (κ2) is 7.39. The Morgan fingerprint density at radius 3 is 1.96 bits per heavy atom. The van der Waals surface area contributed by atoms with Gasteiger partial charge in [0.1, 0.15) is 0 Å². The predicted octanol–water partition coefficient (Wildman–Crippen LogP) is 4.25. The van der Waals surface area contributed by atoms with Gasteiger partial charge in [0.25, 0.3) is 0 Å². The highest BCUT2D eigenvalue weighted by molar-refractivity contribution is 6.55. The molecule has 0 atom stereocenters. The molecule has 136 valence electrons. The molecule has 1 fully saturated rings. The Labute approximate surface area is 157 Å². The molecule has 0 aliphatic carbocycles. The van der Waals surface area contributed by atoms with Crippen LogP contribution in [0.15, 0.2) is 60.1 Å². The van der Waals surface area contributed by atoms with E-state index in [0.717, 1.165) is 17.5 Å². The summed E-state index contributed by atoms with van der Waals surface area (Å²) in [5.74, 6) is 0. The Balaban J connectivity index is 1.74. The molecule has 0 unspecified atom stereocenters. The molecule has 3 rings (SSSR count). The van der Waals surface area contributed by atoms with E-state index >= 15 is 0 Å². The van der Waals surface area contributed by atoms with E-state index < -0.39 is 7.12 Å². The topological polar surface area (TPSA) is 44.5 Å². The Morgan fingerprint density at radius 2 is 1.42 bits per heavy atom. The Bertz CT molecular complexity index is 750. The van der Waals surface area contributed by atoms with Crippen LogP contribution in [0.25, 0.3) is 6.08 Å². The van der Waals surface area contributed by atoms with Crippen molar-refractivity contribution in [2.24, 2.45) is 5.73 Å². The summed E-state index contributed by atoms with van der Waals surface area (Å²) in [6.07, 6.45) is 3.01. The molecular weight excluding hydrogens is 321 g/mol. The van der Waals surface area contributed by atoms with Crippen LogP contribution in [0, 0.1) is 0 Å². The summed E-state index contributed by atoms with van der Waals surface area (Å²) in [6, 6.07) is 19.1. The molecule has 1 aliphatic rings. The van der Waals surface area contributed by atoms with E-state index in [1.54, 1.807) is 0 Å². The highest BCUT2D eigenvalue weighted by Gasteiger charge is 2.52. The molecule has 3 nitrogen and oxygen atoms in total. The minimum absolute atomic E-state index is 0.356. The van der Waals surface area contributed by atoms with Crippen molar-refractivity contribution in [1.29, 1.82) is 0 Å². The van der Waals surface area contributed by atoms with E-state index in [9.17, 15) is 0 Å². The lowest BCUT2D eigenvalue weighted by Gasteiger charge is -2.32. The van der Waals surface area contributed by atoms with E-state index in [0.29, 0.717) is 6.54 Å². The fourth-order valence-electron chi connectivity index (χ4n) is 2.99. The quantitative estimate of drug-likeness (QED) is 0.821. The zero-order valence-corrected chi connectivity index (χ0v) is 16.2. The molecule has 26 heavy (non-hydrogen) atoms. The van der Waals surface area contributed by atoms with Crippen molar-refractivity contribution in [2.75, 3.05) is 6.54 Å². The van der Waals surface area contributed by atoms with Gasteiger partial charge in [-0.25, -0.2) is 0 Å². The molecule has 0 aromatic heterocycles. The van der Waals surface area contributed by atoms with Gasteiger partial charge in [0.05, 0.1) is 11.2 Å². The zero-order valence-electron chi connectivity index (χ0n) is 16.2. The monoisotopic (exact) mass is 349 g/mol. The zero-order chi connectivity index (χ0) is 18.8. The smallest absolute Gasteiger partial charge is 0.400 e. The van der Waals surface area contributed by atoms with Gasteiger partial charge in [0.15, 0.2) is 0 Å². The molecule has 1 saturated heterocycles. The molecule has 1 heterocycles. The molecule has 1 aliphatic heterocycles. The lowest BCUT2D eigenvalue weighted by molar-refractivity contribution is 0.00578. The summed E-state index contributed by atoms with van der Waals surface area (Å²) in [5, 5.41) is 0. The highest BCUT2D eigenvalue weighted by Crippen LogP contribution is 2.38. The standard InChI is InChI=1S/C22H28BNO2/c1-21(2)22(3,4)26-23(25-21)20(16-24)15-19-12-10-18(11-13-19)14-17-8-6-5-7-9-17/h5-13,15H,14,16,24H2,1-4H3. The second-order valence-electron chi connectivity index (χ2n) is 7.92. The van der Waals surface area contributed by atoms with E-state index in [2.05, 4.69) is 82.3 Å². The normalized spacial score (nSPS) is 19.0. The number of benzene rings is 2.